The van der Waals surface area contributed by atoms with E-state index in [0.29, 0.717) is 12.8 Å². The zero-order chi connectivity index (χ0) is 14.6. The molecule has 2 N–H and O–H groups in total. The van der Waals surface area contributed by atoms with Crippen LogP contribution in [0.15, 0.2) is 18.2 Å². The molecule has 0 saturated heterocycles. The van der Waals surface area contributed by atoms with Gasteiger partial charge in [-0.25, -0.2) is 8.78 Å². The van der Waals surface area contributed by atoms with E-state index < -0.39 is 23.1 Å². The van der Waals surface area contributed by atoms with Crippen LogP contribution in [0.4, 0.5) is 8.78 Å². The van der Waals surface area contributed by atoms with Crippen LogP contribution in [0.25, 0.3) is 0 Å². The van der Waals surface area contributed by atoms with Gasteiger partial charge in [-0.2, -0.15) is 0 Å². The van der Waals surface area contributed by atoms with Gasteiger partial charge in [0.15, 0.2) is 11.6 Å². The highest BCUT2D eigenvalue weighted by molar-refractivity contribution is 5.78. The van der Waals surface area contributed by atoms with Gasteiger partial charge in [0, 0.05) is 12.1 Å². The Hall–Kier alpha value is -1.49. The van der Waals surface area contributed by atoms with Crippen LogP contribution in [0.5, 0.6) is 0 Å². The van der Waals surface area contributed by atoms with Crippen LogP contribution in [-0.4, -0.2) is 23.2 Å². The monoisotopic (exact) mass is 283 g/mol. The first-order chi connectivity index (χ1) is 9.50. The molecule has 0 heterocycles. The molecule has 0 aromatic heterocycles. The minimum absolute atomic E-state index is 0.0260. The predicted molar refractivity (Wildman–Crippen MR) is 71.1 cm³/mol. The first kappa shape index (κ1) is 14.9. The summed E-state index contributed by atoms with van der Waals surface area (Å²) in [5.41, 5.74) is -0.827. The Bertz CT molecular complexity index is 485. The van der Waals surface area contributed by atoms with Gasteiger partial charge in [0.05, 0.1) is 12.0 Å². The second-order valence-corrected chi connectivity index (χ2v) is 5.45. The summed E-state index contributed by atoms with van der Waals surface area (Å²) in [6.07, 6.45) is 4.11. The number of halogens is 2. The van der Waals surface area contributed by atoms with Crippen LogP contribution >= 0.6 is 0 Å². The van der Waals surface area contributed by atoms with Crippen LogP contribution in [-0.2, 0) is 11.2 Å². The topological polar surface area (TPSA) is 49.3 Å². The number of carbonyl (C=O) groups is 1. The Morgan fingerprint density at radius 1 is 1.25 bits per heavy atom. The Labute approximate surface area is 117 Å². The largest absolute Gasteiger partial charge is 0.388 e. The average Bonchev–Trinajstić information content (AvgIpc) is 2.43. The highest BCUT2D eigenvalue weighted by atomic mass is 19.2. The summed E-state index contributed by atoms with van der Waals surface area (Å²) < 4.78 is 26.4. The number of amides is 1. The molecule has 0 atom stereocenters. The Morgan fingerprint density at radius 3 is 2.65 bits per heavy atom. The normalized spacial score (nSPS) is 17.8. The fraction of sp³-hybridized carbons (Fsp3) is 0.533. The van der Waals surface area contributed by atoms with Gasteiger partial charge in [-0.3, -0.25) is 4.79 Å². The molecule has 110 valence electrons. The number of hydrogen-bond acceptors (Lipinski definition) is 2. The second kappa shape index (κ2) is 6.31. The van der Waals surface area contributed by atoms with Crippen molar-refractivity contribution in [3.8, 4) is 0 Å². The number of benzene rings is 1. The zero-order valence-electron chi connectivity index (χ0n) is 11.3. The number of rotatable bonds is 4. The maximum Gasteiger partial charge on any atom is 0.224 e. The molecule has 0 spiro atoms. The summed E-state index contributed by atoms with van der Waals surface area (Å²) >= 11 is 0. The van der Waals surface area contributed by atoms with Crippen molar-refractivity contribution in [2.24, 2.45) is 0 Å². The molecule has 3 nitrogen and oxygen atoms in total. The first-order valence-electron chi connectivity index (χ1n) is 6.92. The van der Waals surface area contributed by atoms with Crippen molar-refractivity contribution in [3.05, 3.63) is 35.4 Å². The van der Waals surface area contributed by atoms with Crippen LogP contribution < -0.4 is 5.32 Å². The zero-order valence-corrected chi connectivity index (χ0v) is 11.3. The van der Waals surface area contributed by atoms with Gasteiger partial charge >= 0.3 is 0 Å². The molecule has 1 aromatic carbocycles. The summed E-state index contributed by atoms with van der Waals surface area (Å²) in [4.78, 5) is 11.7. The molecule has 0 bridgehead atoms. The Balaban J connectivity index is 1.88. The maximum absolute atomic E-state index is 13.4. The lowest BCUT2D eigenvalue weighted by Gasteiger charge is -2.32. The maximum atomic E-state index is 13.4. The van der Waals surface area contributed by atoms with Crippen molar-refractivity contribution in [1.29, 1.82) is 0 Å². The van der Waals surface area contributed by atoms with Gasteiger partial charge in [-0.05, 0) is 18.9 Å². The molecule has 20 heavy (non-hydrogen) atoms. The second-order valence-electron chi connectivity index (χ2n) is 5.45. The number of nitrogens with one attached hydrogen (secondary N) is 1. The third-order valence-electron chi connectivity index (χ3n) is 3.78. The quantitative estimate of drug-likeness (QED) is 0.891. The van der Waals surface area contributed by atoms with Gasteiger partial charge in [-0.1, -0.05) is 31.4 Å². The molecule has 1 aliphatic rings. The van der Waals surface area contributed by atoms with Crippen molar-refractivity contribution >= 4 is 5.91 Å². The van der Waals surface area contributed by atoms with E-state index in [1.54, 1.807) is 0 Å². The lowest BCUT2D eigenvalue weighted by atomic mass is 9.85. The highest BCUT2D eigenvalue weighted by Gasteiger charge is 2.29. The van der Waals surface area contributed by atoms with Crippen LogP contribution in [0, 0.1) is 11.6 Å². The predicted octanol–water partition coefficient (Wildman–Crippen LogP) is 2.32. The molecule has 1 saturated carbocycles. The molecule has 1 fully saturated rings. The van der Waals surface area contributed by atoms with Gasteiger partial charge in [0.2, 0.25) is 5.91 Å². The van der Waals surface area contributed by atoms with Crippen LogP contribution in [0.1, 0.15) is 37.7 Å². The smallest absolute Gasteiger partial charge is 0.224 e. The third-order valence-corrected chi connectivity index (χ3v) is 3.78. The van der Waals surface area contributed by atoms with E-state index in [0.717, 1.165) is 25.3 Å². The molecule has 1 aliphatic carbocycles. The average molecular weight is 283 g/mol. The molecule has 0 aliphatic heterocycles. The molecule has 0 unspecified atom stereocenters. The van der Waals surface area contributed by atoms with E-state index >= 15 is 0 Å². The number of hydrogen-bond donors (Lipinski definition) is 2. The van der Waals surface area contributed by atoms with E-state index in [4.69, 9.17) is 0 Å². The SMILES string of the molecule is O=C(Cc1cccc(F)c1F)NCC1(O)CCCCC1. The Morgan fingerprint density at radius 2 is 1.95 bits per heavy atom. The van der Waals surface area contributed by atoms with Gasteiger partial charge in [0.25, 0.3) is 0 Å². The standard InChI is InChI=1S/C15H19F2NO2/c16-12-6-4-5-11(14(12)17)9-13(19)18-10-15(20)7-2-1-3-8-15/h4-6,20H,1-3,7-10H2,(H,18,19). The van der Waals surface area contributed by atoms with E-state index in [-0.39, 0.29) is 18.5 Å². The minimum Gasteiger partial charge on any atom is -0.388 e. The van der Waals surface area contributed by atoms with Gasteiger partial charge in [-0.15, -0.1) is 0 Å². The molecule has 5 heteroatoms. The van der Waals surface area contributed by atoms with Gasteiger partial charge in [0.1, 0.15) is 0 Å². The van der Waals surface area contributed by atoms with Crippen LogP contribution in [0.2, 0.25) is 0 Å². The van der Waals surface area contributed by atoms with Crippen LogP contribution in [0.3, 0.4) is 0 Å². The lowest BCUT2D eigenvalue weighted by molar-refractivity contribution is -0.122. The summed E-state index contributed by atoms with van der Waals surface area (Å²) in [6.45, 7) is 0.169. The van der Waals surface area contributed by atoms with Gasteiger partial charge < -0.3 is 10.4 Å². The minimum atomic E-state index is -0.987. The number of aliphatic hydroxyl groups is 1. The molecule has 2 rings (SSSR count). The van der Waals surface area contributed by atoms with E-state index in [9.17, 15) is 18.7 Å². The van der Waals surface area contributed by atoms with Crippen molar-refractivity contribution in [3.63, 3.8) is 0 Å². The fourth-order valence-corrected chi connectivity index (χ4v) is 2.57. The molecule has 0 radical (unpaired) electrons. The molecule has 1 amide bonds. The number of carbonyl (C=O) groups excluding carboxylic acids is 1. The summed E-state index contributed by atoms with van der Waals surface area (Å²) in [7, 11) is 0. The summed E-state index contributed by atoms with van der Waals surface area (Å²) in [5.74, 6) is -2.35. The molecule has 1 aromatic rings. The first-order valence-corrected chi connectivity index (χ1v) is 6.92. The summed E-state index contributed by atoms with van der Waals surface area (Å²) in [6, 6.07) is 3.77. The highest BCUT2D eigenvalue weighted by Crippen LogP contribution is 2.27. The van der Waals surface area contributed by atoms with E-state index in [2.05, 4.69) is 5.32 Å². The van der Waals surface area contributed by atoms with E-state index in [1.165, 1.54) is 12.1 Å². The van der Waals surface area contributed by atoms with E-state index in [1.807, 2.05) is 0 Å². The van der Waals surface area contributed by atoms with Crippen molar-refractivity contribution in [2.75, 3.05) is 6.54 Å². The lowest BCUT2D eigenvalue weighted by Crippen LogP contribution is -2.44. The van der Waals surface area contributed by atoms with Crippen molar-refractivity contribution in [2.45, 2.75) is 44.1 Å². The van der Waals surface area contributed by atoms with Crippen molar-refractivity contribution < 1.29 is 18.7 Å². The molecular formula is C15H19F2NO2. The fourth-order valence-electron chi connectivity index (χ4n) is 2.57. The van der Waals surface area contributed by atoms with Crippen molar-refractivity contribution in [1.82, 2.24) is 5.32 Å². The summed E-state index contributed by atoms with van der Waals surface area (Å²) in [5, 5.41) is 12.8. The molecular weight excluding hydrogens is 264 g/mol. The third kappa shape index (κ3) is 3.76. The Kier molecular flexibility index (Phi) is 4.70.